The Labute approximate surface area is 163 Å². The average Bonchev–Trinajstić information content (AvgIpc) is 3.26. The summed E-state index contributed by atoms with van der Waals surface area (Å²) in [5.41, 5.74) is 8.37. The molecule has 0 atom stereocenters. The molecule has 0 saturated heterocycles. The van der Waals surface area contributed by atoms with Gasteiger partial charge in [0.2, 0.25) is 0 Å². The summed E-state index contributed by atoms with van der Waals surface area (Å²) in [6.07, 6.45) is 4.39. The van der Waals surface area contributed by atoms with E-state index in [1.807, 2.05) is 34.9 Å². The molecule has 1 aliphatic carbocycles. The second-order valence-corrected chi connectivity index (χ2v) is 7.60. The van der Waals surface area contributed by atoms with Gasteiger partial charge >= 0.3 is 6.03 Å². The number of benzene rings is 1. The normalized spacial score (nSPS) is 17.0. The molecule has 0 bridgehead atoms. The van der Waals surface area contributed by atoms with E-state index in [1.54, 1.807) is 4.90 Å². The van der Waals surface area contributed by atoms with Crippen molar-refractivity contribution in [2.75, 3.05) is 6.54 Å². The van der Waals surface area contributed by atoms with Crippen molar-refractivity contribution >= 4 is 23.5 Å². The van der Waals surface area contributed by atoms with E-state index in [9.17, 15) is 9.59 Å². The van der Waals surface area contributed by atoms with Gasteiger partial charge in [-0.25, -0.2) is 4.79 Å². The van der Waals surface area contributed by atoms with Gasteiger partial charge in [0.25, 0.3) is 5.91 Å². The lowest BCUT2D eigenvalue weighted by molar-refractivity contribution is 0.0996. The third kappa shape index (κ3) is 3.30. The largest absolute Gasteiger partial charge is 0.365 e. The molecule has 1 aromatic heterocycles. The van der Waals surface area contributed by atoms with E-state index < -0.39 is 5.91 Å². The van der Waals surface area contributed by atoms with Gasteiger partial charge in [0.1, 0.15) is 0 Å². The number of hydrogen-bond donors (Lipinski definition) is 2. The highest BCUT2D eigenvalue weighted by atomic mass is 35.5. The Hall–Kier alpha value is -2.47. The molecule has 2 heterocycles. The fraction of sp³-hybridized carbons (Fsp3) is 0.400. The number of nitrogens with two attached hydrogens (primary N) is 1. The third-order valence-electron chi connectivity index (χ3n) is 5.51. The smallest absolute Gasteiger partial charge is 0.318 e. The highest BCUT2D eigenvalue weighted by molar-refractivity contribution is 6.36. The number of amides is 3. The molecule has 142 valence electrons. The zero-order valence-corrected chi connectivity index (χ0v) is 15.8. The number of carbonyl (C=O) groups excluding carboxylic acids is 2. The summed E-state index contributed by atoms with van der Waals surface area (Å²) in [6, 6.07) is 9.88. The molecule has 6 nitrogen and oxygen atoms in total. The van der Waals surface area contributed by atoms with Crippen molar-refractivity contribution in [3.05, 3.63) is 46.6 Å². The van der Waals surface area contributed by atoms with E-state index in [1.165, 1.54) is 0 Å². The Morgan fingerprint density at radius 1 is 1.11 bits per heavy atom. The van der Waals surface area contributed by atoms with Crippen LogP contribution < -0.4 is 11.1 Å². The molecular formula is C20H23ClN4O2. The highest BCUT2D eigenvalue weighted by Gasteiger charge is 2.32. The van der Waals surface area contributed by atoms with Crippen molar-refractivity contribution in [2.24, 2.45) is 5.73 Å². The lowest BCUT2D eigenvalue weighted by Crippen LogP contribution is -2.47. The molecule has 0 radical (unpaired) electrons. The lowest BCUT2D eigenvalue weighted by Gasteiger charge is -2.31. The molecule has 3 N–H and O–H groups in total. The first-order chi connectivity index (χ1) is 13.1. The Morgan fingerprint density at radius 3 is 2.48 bits per heavy atom. The quantitative estimate of drug-likeness (QED) is 0.847. The van der Waals surface area contributed by atoms with Crippen molar-refractivity contribution < 1.29 is 9.59 Å². The molecule has 27 heavy (non-hydrogen) atoms. The first-order valence-corrected chi connectivity index (χ1v) is 9.75. The number of hydrogen-bond acceptors (Lipinski definition) is 2. The number of urea groups is 1. The highest BCUT2D eigenvalue weighted by Crippen LogP contribution is 2.37. The Kier molecular flexibility index (Phi) is 4.83. The van der Waals surface area contributed by atoms with Gasteiger partial charge in [-0.2, -0.15) is 0 Å². The maximum Gasteiger partial charge on any atom is 0.318 e. The number of primary amides is 1. The first-order valence-electron chi connectivity index (χ1n) is 9.37. The monoisotopic (exact) mass is 386 g/mol. The van der Waals surface area contributed by atoms with Crippen molar-refractivity contribution in [3.63, 3.8) is 0 Å². The predicted molar refractivity (Wildman–Crippen MR) is 105 cm³/mol. The fourth-order valence-electron chi connectivity index (χ4n) is 4.16. The first kappa shape index (κ1) is 17.9. The SMILES string of the molecule is NC(=O)c1c(Cl)c(-c2ccccc2)n2c1CN(C(=O)NC1CCCC1)CC2. The summed E-state index contributed by atoms with van der Waals surface area (Å²) < 4.78 is 2.02. The van der Waals surface area contributed by atoms with Crippen LogP contribution in [0.1, 0.15) is 41.7 Å². The maximum atomic E-state index is 12.7. The molecular weight excluding hydrogens is 364 g/mol. The summed E-state index contributed by atoms with van der Waals surface area (Å²) in [4.78, 5) is 26.5. The van der Waals surface area contributed by atoms with Crippen molar-refractivity contribution in [3.8, 4) is 11.3 Å². The van der Waals surface area contributed by atoms with Crippen LogP contribution in [-0.4, -0.2) is 34.0 Å². The molecule has 1 aromatic carbocycles. The molecule has 4 rings (SSSR count). The molecule has 0 spiro atoms. The van der Waals surface area contributed by atoms with Gasteiger partial charge in [-0.15, -0.1) is 0 Å². The van der Waals surface area contributed by atoms with Crippen molar-refractivity contribution in [1.82, 2.24) is 14.8 Å². The van der Waals surface area contributed by atoms with Crippen molar-refractivity contribution in [1.29, 1.82) is 0 Å². The maximum absolute atomic E-state index is 12.7. The van der Waals surface area contributed by atoms with Crippen LogP contribution in [0, 0.1) is 0 Å². The average molecular weight is 387 g/mol. The summed E-state index contributed by atoms with van der Waals surface area (Å²) in [5, 5.41) is 3.47. The van der Waals surface area contributed by atoms with Crippen molar-refractivity contribution in [2.45, 2.75) is 44.8 Å². The van der Waals surface area contributed by atoms with Crippen LogP contribution in [-0.2, 0) is 13.1 Å². The van der Waals surface area contributed by atoms with Gasteiger partial charge in [-0.1, -0.05) is 54.8 Å². The topological polar surface area (TPSA) is 80.4 Å². The van der Waals surface area contributed by atoms with Crippen LogP contribution in [0.4, 0.5) is 4.79 Å². The molecule has 1 saturated carbocycles. The van der Waals surface area contributed by atoms with E-state index in [4.69, 9.17) is 17.3 Å². The number of halogens is 1. The van der Waals surface area contributed by atoms with Gasteiger partial charge in [0.15, 0.2) is 0 Å². The van der Waals surface area contributed by atoms with Crippen LogP contribution in [0.25, 0.3) is 11.3 Å². The molecule has 0 unspecified atom stereocenters. The zero-order chi connectivity index (χ0) is 19.0. The second-order valence-electron chi connectivity index (χ2n) is 7.22. The number of nitrogens with one attached hydrogen (secondary N) is 1. The van der Waals surface area contributed by atoms with E-state index in [-0.39, 0.29) is 12.1 Å². The van der Waals surface area contributed by atoms with Crippen LogP contribution >= 0.6 is 11.6 Å². The minimum Gasteiger partial charge on any atom is -0.365 e. The fourth-order valence-corrected chi connectivity index (χ4v) is 4.58. The minimum absolute atomic E-state index is 0.0813. The molecule has 7 heteroatoms. The van der Waals surface area contributed by atoms with Crippen LogP contribution in [0.3, 0.4) is 0 Å². The van der Waals surface area contributed by atoms with E-state index in [0.29, 0.717) is 35.9 Å². The number of nitrogens with zero attached hydrogens (tertiary/aromatic N) is 2. The number of fused-ring (bicyclic) bond motifs is 1. The summed E-state index contributed by atoms with van der Waals surface area (Å²) in [7, 11) is 0. The molecule has 2 aliphatic rings. The molecule has 2 aromatic rings. The Morgan fingerprint density at radius 2 is 1.81 bits per heavy atom. The standard InChI is InChI=1S/C20H23ClN4O2/c21-17-16(19(22)26)15-12-24(20(27)23-14-8-4-5-9-14)10-11-25(15)18(17)13-6-2-1-3-7-13/h1-3,6-7,14H,4-5,8-12H2,(H2,22,26)(H,23,27). The zero-order valence-electron chi connectivity index (χ0n) is 15.1. The minimum atomic E-state index is -0.566. The summed E-state index contributed by atoms with van der Waals surface area (Å²) in [6.45, 7) is 1.46. The predicted octanol–water partition coefficient (Wildman–Crippen LogP) is 3.38. The van der Waals surface area contributed by atoms with E-state index in [2.05, 4.69) is 5.32 Å². The third-order valence-corrected chi connectivity index (χ3v) is 5.88. The van der Waals surface area contributed by atoms with Gasteiger partial charge in [-0.05, 0) is 18.4 Å². The molecule has 1 aliphatic heterocycles. The van der Waals surface area contributed by atoms with Crippen LogP contribution in [0.2, 0.25) is 5.02 Å². The molecule has 3 amide bonds. The number of rotatable bonds is 3. The van der Waals surface area contributed by atoms with Gasteiger partial charge < -0.3 is 20.5 Å². The number of carbonyl (C=O) groups is 2. The van der Waals surface area contributed by atoms with E-state index >= 15 is 0 Å². The second kappa shape index (κ2) is 7.27. The van der Waals surface area contributed by atoms with Gasteiger partial charge in [0.05, 0.1) is 28.5 Å². The molecule has 1 fully saturated rings. The lowest BCUT2D eigenvalue weighted by atomic mass is 10.1. The van der Waals surface area contributed by atoms with Crippen LogP contribution in [0.15, 0.2) is 30.3 Å². The van der Waals surface area contributed by atoms with Crippen LogP contribution in [0.5, 0.6) is 0 Å². The van der Waals surface area contributed by atoms with E-state index in [0.717, 1.165) is 36.9 Å². The van der Waals surface area contributed by atoms with Gasteiger partial charge in [0, 0.05) is 19.1 Å². The number of aromatic nitrogens is 1. The summed E-state index contributed by atoms with van der Waals surface area (Å²) in [5.74, 6) is -0.566. The summed E-state index contributed by atoms with van der Waals surface area (Å²) >= 11 is 6.57. The van der Waals surface area contributed by atoms with Gasteiger partial charge in [-0.3, -0.25) is 4.79 Å². The Balaban J connectivity index is 1.66. The Bertz CT molecular complexity index is 872.